The quantitative estimate of drug-likeness (QED) is 0.590. The van der Waals surface area contributed by atoms with Gasteiger partial charge in [0.1, 0.15) is 0 Å². The van der Waals surface area contributed by atoms with Gasteiger partial charge in [0.05, 0.1) is 0 Å². The van der Waals surface area contributed by atoms with Crippen molar-refractivity contribution >= 4 is 11.6 Å². The van der Waals surface area contributed by atoms with E-state index < -0.39 is 0 Å². The predicted octanol–water partition coefficient (Wildman–Crippen LogP) is 3.26. The number of rotatable bonds is 3. The molecule has 1 aliphatic rings. The Labute approximate surface area is 102 Å². The van der Waals surface area contributed by atoms with Crippen molar-refractivity contribution < 1.29 is 9.59 Å². The zero-order chi connectivity index (χ0) is 12.3. The Hall–Kier alpha value is -1.44. The van der Waals surface area contributed by atoms with Crippen LogP contribution in [0.3, 0.4) is 0 Å². The summed E-state index contributed by atoms with van der Waals surface area (Å²) in [6, 6.07) is 8.87. The largest absolute Gasteiger partial charge is 0.290 e. The SMILES string of the molecule is CC1CCC(C(=O)C(=O)c2ccccc2)CC1. The predicted molar refractivity (Wildman–Crippen MR) is 66.9 cm³/mol. The molecule has 0 radical (unpaired) electrons. The van der Waals surface area contributed by atoms with Gasteiger partial charge in [-0.3, -0.25) is 9.59 Å². The molecule has 17 heavy (non-hydrogen) atoms. The molecule has 0 spiro atoms. The summed E-state index contributed by atoms with van der Waals surface area (Å²) >= 11 is 0. The van der Waals surface area contributed by atoms with Crippen molar-refractivity contribution in [1.82, 2.24) is 0 Å². The minimum atomic E-state index is -0.315. The van der Waals surface area contributed by atoms with Gasteiger partial charge in [0.2, 0.25) is 11.6 Å². The first kappa shape index (κ1) is 12.0. The fourth-order valence-electron chi connectivity index (χ4n) is 2.44. The van der Waals surface area contributed by atoms with E-state index in [1.165, 1.54) is 0 Å². The highest BCUT2D eigenvalue weighted by Gasteiger charge is 2.29. The maximum Gasteiger partial charge on any atom is 0.228 e. The number of benzene rings is 1. The first-order chi connectivity index (χ1) is 8.18. The molecule has 1 aromatic rings. The van der Waals surface area contributed by atoms with Crippen LogP contribution >= 0.6 is 0 Å². The van der Waals surface area contributed by atoms with Crippen molar-refractivity contribution in [2.75, 3.05) is 0 Å². The summed E-state index contributed by atoms with van der Waals surface area (Å²) in [5.41, 5.74) is 0.524. The molecule has 2 nitrogen and oxygen atoms in total. The van der Waals surface area contributed by atoms with Crippen LogP contribution in [-0.2, 0) is 4.79 Å². The lowest BCUT2D eigenvalue weighted by Gasteiger charge is -2.24. The summed E-state index contributed by atoms with van der Waals surface area (Å²) in [6.45, 7) is 2.21. The van der Waals surface area contributed by atoms with Gasteiger partial charge < -0.3 is 0 Å². The highest BCUT2D eigenvalue weighted by Crippen LogP contribution is 2.29. The van der Waals surface area contributed by atoms with Gasteiger partial charge in [-0.1, -0.05) is 50.1 Å². The van der Waals surface area contributed by atoms with Crippen LogP contribution in [0.25, 0.3) is 0 Å². The Morgan fingerprint density at radius 1 is 1.00 bits per heavy atom. The van der Waals surface area contributed by atoms with Crippen molar-refractivity contribution in [1.29, 1.82) is 0 Å². The lowest BCUT2D eigenvalue weighted by Crippen LogP contribution is -2.27. The van der Waals surface area contributed by atoms with E-state index in [1.807, 2.05) is 6.07 Å². The van der Waals surface area contributed by atoms with Crippen LogP contribution < -0.4 is 0 Å². The number of carbonyl (C=O) groups is 2. The Morgan fingerprint density at radius 2 is 1.59 bits per heavy atom. The van der Waals surface area contributed by atoms with Crippen molar-refractivity contribution in [3.05, 3.63) is 35.9 Å². The molecule has 90 valence electrons. The average Bonchev–Trinajstić information content (AvgIpc) is 2.39. The second-order valence-electron chi connectivity index (χ2n) is 5.02. The van der Waals surface area contributed by atoms with Crippen LogP contribution in [-0.4, -0.2) is 11.6 Å². The summed E-state index contributed by atoms with van der Waals surface area (Å²) in [6.07, 6.45) is 3.88. The van der Waals surface area contributed by atoms with Crippen molar-refractivity contribution in [3.63, 3.8) is 0 Å². The first-order valence-corrected chi connectivity index (χ1v) is 6.32. The molecule has 1 fully saturated rings. The summed E-state index contributed by atoms with van der Waals surface area (Å²) in [5.74, 6) is 0.151. The topological polar surface area (TPSA) is 34.1 Å². The van der Waals surface area contributed by atoms with E-state index in [4.69, 9.17) is 0 Å². The molecule has 0 bridgehead atoms. The fraction of sp³-hybridized carbons (Fsp3) is 0.467. The van der Waals surface area contributed by atoms with Crippen molar-refractivity contribution in [2.45, 2.75) is 32.6 Å². The van der Waals surface area contributed by atoms with Crippen molar-refractivity contribution in [2.24, 2.45) is 11.8 Å². The normalized spacial score (nSPS) is 24.3. The van der Waals surface area contributed by atoms with Gasteiger partial charge in [-0.2, -0.15) is 0 Å². The van der Waals surface area contributed by atoms with Crippen LogP contribution in [0.1, 0.15) is 43.0 Å². The zero-order valence-electron chi connectivity index (χ0n) is 10.2. The maximum atomic E-state index is 12.1. The molecular formula is C15H18O2. The third-order valence-corrected chi connectivity index (χ3v) is 3.65. The van der Waals surface area contributed by atoms with E-state index in [1.54, 1.807) is 24.3 Å². The minimum Gasteiger partial charge on any atom is -0.290 e. The van der Waals surface area contributed by atoms with Crippen molar-refractivity contribution in [3.8, 4) is 0 Å². The molecule has 0 atom stereocenters. The van der Waals surface area contributed by atoms with Gasteiger partial charge in [0.15, 0.2) is 0 Å². The highest BCUT2D eigenvalue weighted by molar-refractivity contribution is 6.44. The van der Waals surface area contributed by atoms with Crippen LogP contribution in [0.4, 0.5) is 0 Å². The van der Waals surface area contributed by atoms with Crippen LogP contribution in [0, 0.1) is 11.8 Å². The molecule has 0 N–H and O–H groups in total. The molecule has 1 saturated carbocycles. The van der Waals surface area contributed by atoms with E-state index in [-0.39, 0.29) is 17.5 Å². The van der Waals surface area contributed by atoms with Crippen LogP contribution in [0.2, 0.25) is 0 Å². The molecule has 1 aliphatic carbocycles. The van der Waals surface area contributed by atoms with Gasteiger partial charge in [-0.05, 0) is 18.8 Å². The Bertz CT molecular complexity index is 400. The maximum absolute atomic E-state index is 12.1. The lowest BCUT2D eigenvalue weighted by atomic mass is 9.79. The molecule has 2 heteroatoms. The molecule has 0 amide bonds. The standard InChI is InChI=1S/C15H18O2/c1-11-7-9-13(10-8-11)15(17)14(16)12-5-3-2-4-6-12/h2-6,11,13H,7-10H2,1H3. The monoisotopic (exact) mass is 230 g/mol. The number of carbonyl (C=O) groups excluding carboxylic acids is 2. The van der Waals surface area contributed by atoms with Gasteiger partial charge >= 0.3 is 0 Å². The highest BCUT2D eigenvalue weighted by atomic mass is 16.2. The van der Waals surface area contributed by atoms with Crippen LogP contribution in [0.15, 0.2) is 30.3 Å². The van der Waals surface area contributed by atoms with Gasteiger partial charge in [0.25, 0.3) is 0 Å². The summed E-state index contributed by atoms with van der Waals surface area (Å²) < 4.78 is 0. The lowest BCUT2D eigenvalue weighted by molar-refractivity contribution is -0.119. The average molecular weight is 230 g/mol. The second kappa shape index (κ2) is 5.26. The summed E-state index contributed by atoms with van der Waals surface area (Å²) in [5, 5.41) is 0. The molecule has 1 aromatic carbocycles. The third kappa shape index (κ3) is 2.82. The van der Waals surface area contributed by atoms with Gasteiger partial charge in [-0.15, -0.1) is 0 Å². The molecule has 0 unspecified atom stereocenters. The van der Waals surface area contributed by atoms with E-state index in [0.717, 1.165) is 25.7 Å². The summed E-state index contributed by atoms with van der Waals surface area (Å²) in [7, 11) is 0. The van der Waals surface area contributed by atoms with E-state index in [9.17, 15) is 9.59 Å². The minimum absolute atomic E-state index is 0.0427. The third-order valence-electron chi connectivity index (χ3n) is 3.65. The molecule has 0 saturated heterocycles. The van der Waals surface area contributed by atoms with Gasteiger partial charge in [-0.25, -0.2) is 0 Å². The second-order valence-corrected chi connectivity index (χ2v) is 5.02. The van der Waals surface area contributed by atoms with Crippen LogP contribution in [0.5, 0.6) is 0 Å². The van der Waals surface area contributed by atoms with E-state index >= 15 is 0 Å². The zero-order valence-corrected chi connectivity index (χ0v) is 10.2. The number of hydrogen-bond acceptors (Lipinski definition) is 2. The molecule has 2 rings (SSSR count). The molecule has 0 heterocycles. The molecule has 0 aliphatic heterocycles. The van der Waals surface area contributed by atoms with E-state index in [2.05, 4.69) is 6.92 Å². The first-order valence-electron chi connectivity index (χ1n) is 6.32. The van der Waals surface area contributed by atoms with E-state index in [0.29, 0.717) is 11.5 Å². The smallest absolute Gasteiger partial charge is 0.228 e. The Kier molecular flexibility index (Phi) is 3.72. The fourth-order valence-corrected chi connectivity index (χ4v) is 2.44. The number of hydrogen-bond donors (Lipinski definition) is 0. The summed E-state index contributed by atoms with van der Waals surface area (Å²) in [4.78, 5) is 24.0. The Morgan fingerprint density at radius 3 is 2.18 bits per heavy atom. The Balaban J connectivity index is 2.03. The number of Topliss-reactive ketones (excluding diaryl/α,β-unsaturated/α-hetero) is 2. The molecule has 0 aromatic heterocycles. The van der Waals surface area contributed by atoms with Gasteiger partial charge in [0, 0.05) is 11.5 Å². The number of ketones is 2. The molecular weight excluding hydrogens is 212 g/mol.